The molecule has 4 nitrogen and oxygen atoms in total. The smallest absolute Gasteiger partial charge is 0.318 e. The summed E-state index contributed by atoms with van der Waals surface area (Å²) in [5.41, 5.74) is 1.80. The van der Waals surface area contributed by atoms with Gasteiger partial charge in [-0.2, -0.15) is 0 Å². The number of fused-ring (bicyclic) bond motifs is 1. The maximum atomic E-state index is 13.6. The summed E-state index contributed by atoms with van der Waals surface area (Å²) in [6.07, 6.45) is 2.00. The highest BCUT2D eigenvalue weighted by Gasteiger charge is 2.32. The summed E-state index contributed by atoms with van der Waals surface area (Å²) < 4.78 is 15.8. The lowest BCUT2D eigenvalue weighted by atomic mass is 10.00. The molecular weight excluding hydrogens is 281 g/mol. The number of amides is 2. The van der Waals surface area contributed by atoms with Crippen LogP contribution in [0.3, 0.4) is 0 Å². The number of carbonyl (C=O) groups excluding carboxylic acids is 1. The third kappa shape index (κ3) is 2.71. The molecule has 22 heavy (non-hydrogen) atoms. The van der Waals surface area contributed by atoms with Crippen molar-refractivity contribution in [2.45, 2.75) is 32.5 Å². The van der Waals surface area contributed by atoms with Crippen LogP contribution in [0.4, 0.5) is 9.18 Å². The zero-order chi connectivity index (χ0) is 15.7. The van der Waals surface area contributed by atoms with Crippen LogP contribution in [0.1, 0.15) is 31.1 Å². The Morgan fingerprint density at radius 2 is 2.09 bits per heavy atom. The van der Waals surface area contributed by atoms with Gasteiger partial charge in [-0.1, -0.05) is 12.1 Å². The lowest BCUT2D eigenvalue weighted by molar-refractivity contribution is 0.166. The molecule has 2 amide bonds. The molecule has 0 radical (unpaired) electrons. The van der Waals surface area contributed by atoms with Gasteiger partial charge in [-0.3, -0.25) is 0 Å². The highest BCUT2D eigenvalue weighted by Crippen LogP contribution is 2.32. The van der Waals surface area contributed by atoms with Crippen molar-refractivity contribution in [3.63, 3.8) is 0 Å². The first-order chi connectivity index (χ1) is 10.6. The monoisotopic (exact) mass is 301 g/mol. The molecule has 1 atom stereocenters. The summed E-state index contributed by atoms with van der Waals surface area (Å²) in [7, 11) is 0. The van der Waals surface area contributed by atoms with Crippen molar-refractivity contribution in [1.82, 2.24) is 14.8 Å². The topological polar surface area (TPSA) is 37.3 Å². The van der Waals surface area contributed by atoms with Crippen LogP contribution in [0.5, 0.6) is 0 Å². The third-order valence-electron chi connectivity index (χ3n) is 3.88. The zero-order valence-corrected chi connectivity index (χ0v) is 12.8. The molecule has 0 bridgehead atoms. The minimum absolute atomic E-state index is 0.0642. The Labute approximate surface area is 129 Å². The summed E-state index contributed by atoms with van der Waals surface area (Å²) in [4.78, 5) is 14.3. The maximum absolute atomic E-state index is 13.6. The predicted octanol–water partition coefficient (Wildman–Crippen LogP) is 3.15. The van der Waals surface area contributed by atoms with E-state index in [1.807, 2.05) is 38.2 Å². The number of aromatic nitrogens is 1. The van der Waals surface area contributed by atoms with Crippen molar-refractivity contribution in [3.05, 3.63) is 59.7 Å². The van der Waals surface area contributed by atoms with Gasteiger partial charge in [0, 0.05) is 31.0 Å². The Morgan fingerprint density at radius 3 is 2.82 bits per heavy atom. The van der Waals surface area contributed by atoms with Gasteiger partial charge < -0.3 is 14.8 Å². The van der Waals surface area contributed by atoms with Gasteiger partial charge in [0.15, 0.2) is 0 Å². The predicted molar refractivity (Wildman–Crippen MR) is 83.0 cm³/mol. The first-order valence-electron chi connectivity index (χ1n) is 7.54. The fourth-order valence-corrected chi connectivity index (χ4v) is 2.96. The Morgan fingerprint density at radius 1 is 1.27 bits per heavy atom. The minimum Gasteiger partial charge on any atom is -0.348 e. The van der Waals surface area contributed by atoms with Gasteiger partial charge in [-0.15, -0.1) is 0 Å². The molecule has 1 aromatic carbocycles. The lowest BCUT2D eigenvalue weighted by Gasteiger charge is -2.37. The first-order valence-corrected chi connectivity index (χ1v) is 7.54. The van der Waals surface area contributed by atoms with Crippen LogP contribution >= 0.6 is 0 Å². The summed E-state index contributed by atoms with van der Waals surface area (Å²) in [6.45, 7) is 5.21. The Hall–Kier alpha value is -2.30. The number of carbonyl (C=O) groups is 1. The van der Waals surface area contributed by atoms with Gasteiger partial charge in [0.05, 0.1) is 6.04 Å². The normalized spacial score (nSPS) is 17.5. The number of nitrogens with one attached hydrogen (secondary N) is 1. The maximum Gasteiger partial charge on any atom is 0.318 e. The third-order valence-corrected chi connectivity index (χ3v) is 3.88. The number of hydrogen-bond acceptors (Lipinski definition) is 1. The molecule has 116 valence electrons. The molecule has 1 aliphatic heterocycles. The summed E-state index contributed by atoms with van der Waals surface area (Å²) in [5, 5.41) is 2.93. The molecular formula is C17H20FN3O. The molecule has 0 saturated heterocycles. The van der Waals surface area contributed by atoms with Crippen LogP contribution in [-0.2, 0) is 6.54 Å². The van der Waals surface area contributed by atoms with Gasteiger partial charge in [-0.05, 0) is 43.7 Å². The molecule has 1 aromatic heterocycles. The van der Waals surface area contributed by atoms with Crippen LogP contribution < -0.4 is 5.32 Å². The second-order valence-corrected chi connectivity index (χ2v) is 5.88. The number of urea groups is 1. The van der Waals surface area contributed by atoms with Crippen LogP contribution in [0.2, 0.25) is 0 Å². The van der Waals surface area contributed by atoms with Gasteiger partial charge in [0.25, 0.3) is 0 Å². The molecule has 5 heteroatoms. The zero-order valence-electron chi connectivity index (χ0n) is 12.8. The summed E-state index contributed by atoms with van der Waals surface area (Å²) in [6, 6.07) is 10.1. The molecule has 0 fully saturated rings. The molecule has 2 heterocycles. The number of benzene rings is 1. The van der Waals surface area contributed by atoms with E-state index in [0.717, 1.165) is 17.8 Å². The van der Waals surface area contributed by atoms with E-state index in [0.29, 0.717) is 6.54 Å². The van der Waals surface area contributed by atoms with Crippen molar-refractivity contribution in [1.29, 1.82) is 0 Å². The van der Waals surface area contributed by atoms with E-state index >= 15 is 0 Å². The lowest BCUT2D eigenvalue weighted by Crippen LogP contribution is -2.48. The average Bonchev–Trinajstić information content (AvgIpc) is 2.93. The molecule has 0 spiro atoms. The van der Waals surface area contributed by atoms with Crippen LogP contribution in [0.25, 0.3) is 0 Å². The van der Waals surface area contributed by atoms with Gasteiger partial charge in [0.1, 0.15) is 5.82 Å². The summed E-state index contributed by atoms with van der Waals surface area (Å²) >= 11 is 0. The number of hydrogen-bond donors (Lipinski definition) is 1. The minimum atomic E-state index is -0.287. The quantitative estimate of drug-likeness (QED) is 0.909. The van der Waals surface area contributed by atoms with Crippen molar-refractivity contribution in [2.75, 3.05) is 6.54 Å². The van der Waals surface area contributed by atoms with Gasteiger partial charge in [-0.25, -0.2) is 9.18 Å². The van der Waals surface area contributed by atoms with E-state index < -0.39 is 0 Å². The van der Waals surface area contributed by atoms with Crippen molar-refractivity contribution in [3.8, 4) is 0 Å². The molecule has 0 aliphatic carbocycles. The Bertz CT molecular complexity index is 680. The average molecular weight is 301 g/mol. The van der Waals surface area contributed by atoms with E-state index in [2.05, 4.69) is 9.88 Å². The second kappa shape index (κ2) is 5.83. The Balaban J connectivity index is 2.01. The van der Waals surface area contributed by atoms with Crippen LogP contribution in [0.15, 0.2) is 42.6 Å². The van der Waals surface area contributed by atoms with Crippen molar-refractivity contribution >= 4 is 6.03 Å². The molecule has 1 aliphatic rings. The molecule has 0 saturated carbocycles. The molecule has 3 rings (SSSR count). The van der Waals surface area contributed by atoms with Crippen LogP contribution in [0, 0.1) is 5.82 Å². The standard InChI is InChI=1S/C17H20FN3O/c1-12(2)19-17(22)21-10-9-20-8-4-7-15(20)16(21)13-5-3-6-14(18)11-13/h3-8,11-12,16H,9-10H2,1-2H3,(H,19,22). The summed E-state index contributed by atoms with van der Waals surface area (Å²) in [5.74, 6) is -0.287. The van der Waals surface area contributed by atoms with Crippen molar-refractivity contribution < 1.29 is 9.18 Å². The van der Waals surface area contributed by atoms with Gasteiger partial charge >= 0.3 is 6.03 Å². The largest absolute Gasteiger partial charge is 0.348 e. The van der Waals surface area contributed by atoms with Gasteiger partial charge in [0.2, 0.25) is 0 Å². The van der Waals surface area contributed by atoms with Crippen molar-refractivity contribution in [2.24, 2.45) is 0 Å². The molecule has 1 unspecified atom stereocenters. The fraction of sp³-hybridized carbons (Fsp3) is 0.353. The first kappa shape index (κ1) is 14.6. The van der Waals surface area contributed by atoms with E-state index in [1.165, 1.54) is 12.1 Å². The highest BCUT2D eigenvalue weighted by atomic mass is 19.1. The van der Waals surface area contributed by atoms with E-state index in [-0.39, 0.29) is 23.9 Å². The number of halogens is 1. The van der Waals surface area contributed by atoms with Crippen LogP contribution in [-0.4, -0.2) is 28.1 Å². The second-order valence-electron chi connectivity index (χ2n) is 5.88. The highest BCUT2D eigenvalue weighted by molar-refractivity contribution is 5.75. The molecule has 2 aromatic rings. The van der Waals surface area contributed by atoms with E-state index in [4.69, 9.17) is 0 Å². The van der Waals surface area contributed by atoms with E-state index in [1.54, 1.807) is 11.0 Å². The Kier molecular flexibility index (Phi) is 3.88. The number of nitrogens with zero attached hydrogens (tertiary/aromatic N) is 2. The SMILES string of the molecule is CC(C)NC(=O)N1CCn2cccc2C1c1cccc(F)c1. The fourth-order valence-electron chi connectivity index (χ4n) is 2.96. The van der Waals surface area contributed by atoms with E-state index in [9.17, 15) is 9.18 Å². The molecule has 1 N–H and O–H groups in total. The number of rotatable bonds is 2.